The lowest BCUT2D eigenvalue weighted by atomic mass is 9.87. The van der Waals surface area contributed by atoms with E-state index in [4.69, 9.17) is 9.47 Å². The quantitative estimate of drug-likeness (QED) is 0.376. The van der Waals surface area contributed by atoms with E-state index in [-0.39, 0.29) is 30.2 Å². The number of nitrogens with one attached hydrogen (secondary N) is 1. The Morgan fingerprint density at radius 3 is 2.21 bits per heavy atom. The minimum absolute atomic E-state index is 0.0872. The summed E-state index contributed by atoms with van der Waals surface area (Å²) in [5.41, 5.74) is -1.33. The highest BCUT2D eigenvalue weighted by molar-refractivity contribution is 6.05. The van der Waals surface area contributed by atoms with Crippen LogP contribution >= 0.6 is 0 Å². The molecular weight excluding hydrogens is 569 g/mol. The molecule has 0 unspecified atom stereocenters. The molecule has 0 bridgehead atoms. The second-order valence-corrected chi connectivity index (χ2v) is 9.39. The normalized spacial score (nSPS) is 18.7. The number of amides is 2. The largest absolute Gasteiger partial charge is 0.573 e. The van der Waals surface area contributed by atoms with Crippen molar-refractivity contribution in [1.29, 1.82) is 0 Å². The molecule has 2 amide bonds. The lowest BCUT2D eigenvalue weighted by Crippen LogP contribution is -2.44. The van der Waals surface area contributed by atoms with E-state index in [1.807, 2.05) is 0 Å². The topological polar surface area (TPSA) is 99.1 Å². The smallest absolute Gasteiger partial charge is 0.497 e. The number of carbonyl (C=O) groups excluding carboxylic acids is 2. The van der Waals surface area contributed by atoms with E-state index < -0.39 is 64.7 Å². The molecule has 0 saturated carbocycles. The van der Waals surface area contributed by atoms with Crippen LogP contribution in [0.1, 0.15) is 28.8 Å². The predicted octanol–water partition coefficient (Wildman–Crippen LogP) is 4.00. The summed E-state index contributed by atoms with van der Waals surface area (Å²) in [7, 11) is 2.67. The average molecular weight is 596 g/mol. The molecular formula is C28H26F5N3O6. The number of alkyl halides is 3. The van der Waals surface area contributed by atoms with Crippen LogP contribution in [0, 0.1) is 11.6 Å². The van der Waals surface area contributed by atoms with Crippen LogP contribution in [0.15, 0.2) is 59.5 Å². The van der Waals surface area contributed by atoms with Gasteiger partial charge in [-0.05, 0) is 43.3 Å². The number of halogens is 5. The second kappa shape index (κ2) is 12.2. The zero-order valence-electron chi connectivity index (χ0n) is 22.6. The van der Waals surface area contributed by atoms with Gasteiger partial charge >= 0.3 is 6.36 Å². The first-order valence-corrected chi connectivity index (χ1v) is 12.6. The van der Waals surface area contributed by atoms with Crippen molar-refractivity contribution in [1.82, 2.24) is 9.88 Å². The summed E-state index contributed by atoms with van der Waals surface area (Å²) in [6.45, 7) is 1.84. The number of benzene rings is 2. The molecule has 0 aliphatic carbocycles. The van der Waals surface area contributed by atoms with Gasteiger partial charge in [0.2, 0.25) is 0 Å². The monoisotopic (exact) mass is 595 g/mol. The van der Waals surface area contributed by atoms with Gasteiger partial charge < -0.3 is 29.0 Å². The minimum Gasteiger partial charge on any atom is -0.497 e. The van der Waals surface area contributed by atoms with Gasteiger partial charge in [0.1, 0.15) is 34.9 Å². The molecule has 2 heterocycles. The average Bonchev–Trinajstić information content (AvgIpc) is 3.15. The lowest BCUT2D eigenvalue weighted by molar-refractivity contribution is -0.274. The van der Waals surface area contributed by atoms with Crippen molar-refractivity contribution >= 4 is 17.5 Å². The highest BCUT2D eigenvalue weighted by Crippen LogP contribution is 2.40. The number of pyridine rings is 1. The van der Waals surface area contributed by atoms with Crippen molar-refractivity contribution in [2.45, 2.75) is 37.8 Å². The van der Waals surface area contributed by atoms with Gasteiger partial charge in [-0.1, -0.05) is 0 Å². The van der Waals surface area contributed by atoms with Gasteiger partial charge in [-0.3, -0.25) is 14.4 Å². The molecule has 224 valence electrons. The first-order valence-electron chi connectivity index (χ1n) is 12.6. The summed E-state index contributed by atoms with van der Waals surface area (Å²) < 4.78 is 83.3. The summed E-state index contributed by atoms with van der Waals surface area (Å²) in [6, 6.07) is 6.03. The van der Waals surface area contributed by atoms with Gasteiger partial charge in [0, 0.05) is 55.1 Å². The lowest BCUT2D eigenvalue weighted by Gasteiger charge is -2.26. The van der Waals surface area contributed by atoms with E-state index in [0.717, 1.165) is 41.3 Å². The Morgan fingerprint density at radius 1 is 1.00 bits per heavy atom. The van der Waals surface area contributed by atoms with Gasteiger partial charge in [-0.15, -0.1) is 13.2 Å². The Morgan fingerprint density at radius 2 is 1.64 bits per heavy atom. The number of nitrogens with zero attached hydrogens (tertiary/aromatic N) is 2. The van der Waals surface area contributed by atoms with Crippen molar-refractivity contribution in [3.8, 4) is 11.5 Å². The second-order valence-electron chi connectivity index (χ2n) is 9.39. The number of anilines is 1. The summed E-state index contributed by atoms with van der Waals surface area (Å²) in [5, 5.41) is 2.46. The highest BCUT2D eigenvalue weighted by atomic mass is 19.4. The molecule has 1 fully saturated rings. The van der Waals surface area contributed by atoms with Crippen molar-refractivity contribution in [3.05, 3.63) is 87.8 Å². The van der Waals surface area contributed by atoms with E-state index in [1.165, 1.54) is 44.0 Å². The fourth-order valence-corrected chi connectivity index (χ4v) is 4.94. The zero-order chi connectivity index (χ0) is 30.8. The molecule has 1 aromatic heterocycles. The zero-order valence-corrected chi connectivity index (χ0v) is 22.6. The van der Waals surface area contributed by atoms with E-state index in [0.29, 0.717) is 0 Å². The molecule has 1 aliphatic rings. The molecule has 1 N–H and O–H groups in total. The van der Waals surface area contributed by atoms with E-state index in [9.17, 15) is 27.6 Å². The number of hydrogen-bond donors (Lipinski definition) is 1. The Hall–Kier alpha value is -4.46. The number of carbonyl (C=O) groups is 2. The van der Waals surface area contributed by atoms with E-state index >= 15 is 8.78 Å². The van der Waals surface area contributed by atoms with Crippen LogP contribution in [0.2, 0.25) is 0 Å². The van der Waals surface area contributed by atoms with E-state index in [2.05, 4.69) is 10.1 Å². The van der Waals surface area contributed by atoms with Crippen LogP contribution in [0.5, 0.6) is 11.5 Å². The summed E-state index contributed by atoms with van der Waals surface area (Å²) >= 11 is 0. The number of rotatable bonds is 9. The van der Waals surface area contributed by atoms with Crippen LogP contribution in [-0.4, -0.2) is 55.7 Å². The first kappa shape index (κ1) is 30.5. The number of hydrogen-bond acceptors (Lipinski definition) is 6. The Bertz CT molecular complexity index is 1500. The fourth-order valence-electron chi connectivity index (χ4n) is 4.94. The molecule has 4 rings (SSSR count). The molecule has 9 nitrogen and oxygen atoms in total. The Balaban J connectivity index is 1.75. The number of ether oxygens (including phenoxy) is 3. The van der Waals surface area contributed by atoms with Crippen molar-refractivity contribution in [2.24, 2.45) is 0 Å². The van der Waals surface area contributed by atoms with Gasteiger partial charge in [-0.25, -0.2) is 8.78 Å². The highest BCUT2D eigenvalue weighted by Gasteiger charge is 2.50. The van der Waals surface area contributed by atoms with Gasteiger partial charge in [0.05, 0.1) is 13.7 Å². The van der Waals surface area contributed by atoms with Crippen molar-refractivity contribution in [2.75, 3.05) is 25.7 Å². The molecule has 14 heteroatoms. The SMILES string of the molecule is COCCn1cccc(N2C(=O)[C@@H](NC(=O)c3ccc(OC(F)(F)F)cc3)[C@H](c3c(F)cc(OC)cc3F)[C@H]2C)c1=O. The van der Waals surface area contributed by atoms with E-state index in [1.54, 1.807) is 0 Å². The van der Waals surface area contributed by atoms with Gasteiger partial charge in [-0.2, -0.15) is 0 Å². The maximum Gasteiger partial charge on any atom is 0.573 e. The third-order valence-corrected chi connectivity index (χ3v) is 6.84. The molecule has 1 aliphatic heterocycles. The number of aromatic nitrogens is 1. The Labute approximate surface area is 236 Å². The summed E-state index contributed by atoms with van der Waals surface area (Å²) in [5.74, 6) is -5.85. The van der Waals surface area contributed by atoms with Crippen LogP contribution in [-0.2, 0) is 16.1 Å². The van der Waals surface area contributed by atoms with Crippen LogP contribution < -0.4 is 25.2 Å². The van der Waals surface area contributed by atoms with Crippen LogP contribution in [0.3, 0.4) is 0 Å². The molecule has 3 aromatic rings. The van der Waals surface area contributed by atoms with Gasteiger partial charge in [0.15, 0.2) is 0 Å². The third kappa shape index (κ3) is 6.22. The minimum atomic E-state index is -4.95. The van der Waals surface area contributed by atoms with Crippen LogP contribution in [0.25, 0.3) is 0 Å². The third-order valence-electron chi connectivity index (χ3n) is 6.84. The van der Waals surface area contributed by atoms with Crippen molar-refractivity contribution < 1.29 is 45.8 Å². The molecule has 1 saturated heterocycles. The fraction of sp³-hybridized carbons (Fsp3) is 0.321. The molecule has 0 spiro atoms. The molecule has 2 aromatic carbocycles. The summed E-state index contributed by atoms with van der Waals surface area (Å²) in [4.78, 5) is 41.3. The standard InChI is InChI=1S/C28H26F5N3O6/c1-15-22(23-19(29)13-18(41-3)14-20(23)30)24(34-25(37)16-6-8-17(9-7-16)42-28(31,32)33)27(39)36(15)21-5-4-10-35(26(21)38)11-12-40-2/h4-10,13-15,22,24H,11-12H2,1-3H3,(H,34,37)/t15-,22+,24+/m1/s1. The van der Waals surface area contributed by atoms with Crippen molar-refractivity contribution in [3.63, 3.8) is 0 Å². The molecule has 42 heavy (non-hydrogen) atoms. The first-order chi connectivity index (χ1) is 19.9. The predicted molar refractivity (Wildman–Crippen MR) is 140 cm³/mol. The van der Waals surface area contributed by atoms with Crippen LogP contribution in [0.4, 0.5) is 27.6 Å². The maximum atomic E-state index is 15.3. The maximum absolute atomic E-state index is 15.3. The Kier molecular flexibility index (Phi) is 8.85. The number of methoxy groups -OCH3 is 2. The molecule has 0 radical (unpaired) electrons. The van der Waals surface area contributed by atoms with Gasteiger partial charge in [0.25, 0.3) is 17.4 Å². The summed E-state index contributed by atoms with van der Waals surface area (Å²) in [6.07, 6.45) is -3.46. The molecule has 3 atom stereocenters.